The zero-order chi connectivity index (χ0) is 53.7. The minimum absolute atomic E-state index is 0.0344. The summed E-state index contributed by atoms with van der Waals surface area (Å²) in [6.45, 7) is 2.51. The Morgan fingerprint density at radius 1 is 0.618 bits per heavy atom. The first kappa shape index (κ1) is 55.2. The maximum Gasteiger partial charge on any atom is 0.534 e. The predicted octanol–water partition coefficient (Wildman–Crippen LogP) is 11.3. The molecule has 0 aliphatic carbocycles. The Hall–Kier alpha value is -7.03. The van der Waals surface area contributed by atoms with Gasteiger partial charge in [-0.2, -0.15) is 21.6 Å². The highest BCUT2D eigenvalue weighted by molar-refractivity contribution is 7.88. The van der Waals surface area contributed by atoms with Crippen LogP contribution >= 0.6 is 0 Å². The lowest BCUT2D eigenvalue weighted by molar-refractivity contribution is -0.115. The molecule has 1 aliphatic rings. The molecule has 1 heterocycles. The lowest BCUT2D eigenvalue weighted by Gasteiger charge is -2.28. The second-order valence-corrected chi connectivity index (χ2v) is 19.1. The number of ether oxygens (including phenoxy) is 10. The fourth-order valence-electron chi connectivity index (χ4n) is 8.73. The van der Waals surface area contributed by atoms with Crippen LogP contribution < -0.4 is 23.1 Å². The van der Waals surface area contributed by atoms with Gasteiger partial charge in [0.2, 0.25) is 0 Å². The van der Waals surface area contributed by atoms with Crippen LogP contribution in [0.2, 0.25) is 0 Å². The number of esters is 1. The van der Waals surface area contributed by atoms with Crippen molar-refractivity contribution in [2.45, 2.75) is 75.8 Å². The van der Waals surface area contributed by atoms with Crippen LogP contribution in [0.5, 0.6) is 28.7 Å². The van der Waals surface area contributed by atoms with E-state index in [1.807, 2.05) is 128 Å². The van der Waals surface area contributed by atoms with Crippen LogP contribution in [-0.2, 0) is 71.4 Å². The predicted molar refractivity (Wildman–Crippen MR) is 275 cm³/mol. The van der Waals surface area contributed by atoms with E-state index in [9.17, 15) is 26.4 Å². The average molecular weight is 1070 g/mol. The van der Waals surface area contributed by atoms with Gasteiger partial charge in [0, 0.05) is 12.5 Å². The summed E-state index contributed by atoms with van der Waals surface area (Å²) in [6.07, 6.45) is -4.00. The molecule has 1 fully saturated rings. The van der Waals surface area contributed by atoms with Crippen molar-refractivity contribution in [1.82, 2.24) is 0 Å². The largest absolute Gasteiger partial charge is 0.534 e. The van der Waals surface area contributed by atoms with E-state index in [4.69, 9.17) is 51.6 Å². The van der Waals surface area contributed by atoms with Gasteiger partial charge in [-0.1, -0.05) is 127 Å². The third-order valence-corrected chi connectivity index (χ3v) is 13.4. The number of carbonyl (C=O) groups is 1. The van der Waals surface area contributed by atoms with Gasteiger partial charge in [-0.05, 0) is 77.1 Å². The molecule has 76 heavy (non-hydrogen) atoms. The van der Waals surface area contributed by atoms with E-state index in [0.717, 1.165) is 35.4 Å². The summed E-state index contributed by atoms with van der Waals surface area (Å²) in [5.41, 5.74) is -2.37. The Labute approximate surface area is 439 Å². The fourth-order valence-corrected chi connectivity index (χ4v) is 9.21. The molecular formula is C58H57F3O14S. The molecule has 0 amide bonds. The van der Waals surface area contributed by atoms with E-state index in [0.29, 0.717) is 22.3 Å². The number of fused-ring (bicyclic) bond motifs is 1. The third kappa shape index (κ3) is 13.5. The maximum absolute atomic E-state index is 14.9. The third-order valence-electron chi connectivity index (χ3n) is 12.5. The highest BCUT2D eigenvalue weighted by atomic mass is 32.2. The number of hydrogen-bond donors (Lipinski definition) is 0. The van der Waals surface area contributed by atoms with Crippen molar-refractivity contribution < 1.29 is 77.9 Å². The van der Waals surface area contributed by atoms with E-state index in [1.165, 1.54) is 32.4 Å². The number of carbonyl (C=O) groups excluding carboxylic acids is 1. The Kier molecular flexibility index (Phi) is 18.6. The van der Waals surface area contributed by atoms with Crippen molar-refractivity contribution in [2.24, 2.45) is 0 Å². The van der Waals surface area contributed by atoms with E-state index >= 15 is 0 Å². The highest BCUT2D eigenvalue weighted by Crippen LogP contribution is 2.49. The van der Waals surface area contributed by atoms with Gasteiger partial charge in [-0.15, -0.1) is 0 Å². The highest BCUT2D eigenvalue weighted by Gasteiger charge is 2.51. The number of rotatable bonds is 25. The van der Waals surface area contributed by atoms with Gasteiger partial charge in [0.1, 0.15) is 60.6 Å². The Morgan fingerprint density at radius 3 is 1.72 bits per heavy atom. The minimum Gasteiger partial charge on any atom is -0.496 e. The molecule has 1 aliphatic heterocycles. The summed E-state index contributed by atoms with van der Waals surface area (Å²) in [5.74, 6) is -2.45. The van der Waals surface area contributed by atoms with Crippen LogP contribution in [-0.4, -0.2) is 79.0 Å². The van der Waals surface area contributed by atoms with E-state index < -0.39 is 69.2 Å². The van der Waals surface area contributed by atoms with Gasteiger partial charge < -0.3 is 51.6 Å². The second-order valence-electron chi connectivity index (χ2n) is 17.6. The first-order valence-electron chi connectivity index (χ1n) is 24.2. The van der Waals surface area contributed by atoms with E-state index in [2.05, 4.69) is 0 Å². The summed E-state index contributed by atoms with van der Waals surface area (Å²) in [6, 6.07) is 47.1. The van der Waals surface area contributed by atoms with Crippen LogP contribution in [0.15, 0.2) is 158 Å². The fraction of sp³-hybridized carbons (Fsp3) is 0.293. The molecule has 0 radical (unpaired) electrons. The molecule has 0 spiro atoms. The molecule has 0 unspecified atom stereocenters. The molecule has 18 heteroatoms. The Bertz CT molecular complexity index is 3110. The van der Waals surface area contributed by atoms with Crippen molar-refractivity contribution >= 4 is 26.9 Å². The summed E-state index contributed by atoms with van der Waals surface area (Å²) in [5, 5.41) is 0.543. The summed E-state index contributed by atoms with van der Waals surface area (Å²) in [7, 11) is -2.39. The van der Waals surface area contributed by atoms with Gasteiger partial charge in [-0.25, -0.2) is 4.79 Å². The summed E-state index contributed by atoms with van der Waals surface area (Å²) >= 11 is 0. The number of alkyl halides is 3. The van der Waals surface area contributed by atoms with Crippen molar-refractivity contribution in [1.29, 1.82) is 0 Å². The first-order valence-corrected chi connectivity index (χ1v) is 25.6. The molecular weight excluding hydrogens is 1010 g/mol. The van der Waals surface area contributed by atoms with Gasteiger partial charge in [0.05, 0.1) is 52.1 Å². The van der Waals surface area contributed by atoms with Crippen LogP contribution in [0, 0.1) is 0 Å². The molecule has 0 N–H and O–H groups in total. The molecule has 8 rings (SSSR count). The molecule has 0 bridgehead atoms. The summed E-state index contributed by atoms with van der Waals surface area (Å²) < 4.78 is 134. The lowest BCUT2D eigenvalue weighted by Crippen LogP contribution is -2.41. The lowest BCUT2D eigenvalue weighted by atomic mass is 9.93. The standard InChI is InChI=1S/C58H57F3O14S/c1-38(69-33-39-17-9-5-10-18-39)52-55(71-35-41-21-13-7-14-22-41)56(72-36-42-23-15-8-16-24-42)54(74-52)44-25-26-47(70-34-40-19-11-6-12-20-40)51-46(66-3)27-28-48(50(44)51)73-57(62)45-31-43(29-30-68-37-65-2)32-49(67-4)53(45)75-76(63,64)58(59,60)61/h5-28,31-32,38,52,54-56H,29-30,33-37H2,1-4H3/t38-,52+,54-,55+,56+/m1/s1. The van der Waals surface area contributed by atoms with Gasteiger partial charge in [0.15, 0.2) is 11.5 Å². The second kappa shape index (κ2) is 25.7. The summed E-state index contributed by atoms with van der Waals surface area (Å²) in [4.78, 5) is 14.9. The quantitative estimate of drug-likeness (QED) is 0.0133. The Morgan fingerprint density at radius 2 is 1.16 bits per heavy atom. The van der Waals surface area contributed by atoms with Crippen molar-refractivity contribution in [3.8, 4) is 28.7 Å². The topological polar surface area (TPSA) is 153 Å². The molecule has 7 aromatic carbocycles. The molecule has 14 nitrogen and oxygen atoms in total. The van der Waals surface area contributed by atoms with Crippen LogP contribution in [0.25, 0.3) is 10.8 Å². The number of hydrogen-bond acceptors (Lipinski definition) is 14. The number of halogens is 3. The van der Waals surface area contributed by atoms with E-state index in [-0.39, 0.29) is 63.1 Å². The first-order chi connectivity index (χ1) is 36.8. The maximum atomic E-state index is 14.9. The zero-order valence-corrected chi connectivity index (χ0v) is 42.9. The molecule has 0 aromatic heterocycles. The van der Waals surface area contributed by atoms with Crippen molar-refractivity contribution in [3.63, 3.8) is 0 Å². The molecule has 1 saturated heterocycles. The van der Waals surface area contributed by atoms with Crippen molar-refractivity contribution in [2.75, 3.05) is 34.7 Å². The number of methoxy groups -OCH3 is 3. The van der Waals surface area contributed by atoms with Crippen LogP contribution in [0.4, 0.5) is 13.2 Å². The zero-order valence-electron chi connectivity index (χ0n) is 42.1. The Balaban J connectivity index is 1.29. The molecule has 5 atom stereocenters. The molecule has 7 aromatic rings. The monoisotopic (exact) mass is 1070 g/mol. The molecule has 0 saturated carbocycles. The SMILES string of the molecule is COCOCCc1cc(OC)c(OS(=O)(=O)C(F)(F)F)c(C(=O)Oc2ccc(OC)c3c(OCc4ccccc4)ccc([C@H]4O[C@@H]([C@@H](C)OCc5ccccc5)[C@H](OCc5ccccc5)[C@H]4OCc4ccccc4)c23)c1. The van der Waals surface area contributed by atoms with Crippen LogP contribution in [0.1, 0.15) is 56.8 Å². The minimum atomic E-state index is -6.35. The van der Waals surface area contributed by atoms with Gasteiger partial charge in [0.25, 0.3) is 0 Å². The average Bonchev–Trinajstić information content (AvgIpc) is 3.83. The number of benzene rings is 7. The van der Waals surface area contributed by atoms with Gasteiger partial charge in [-0.3, -0.25) is 0 Å². The molecule has 400 valence electrons. The smallest absolute Gasteiger partial charge is 0.496 e. The normalized spacial score (nSPS) is 17.0. The van der Waals surface area contributed by atoms with Crippen molar-refractivity contribution in [3.05, 3.63) is 197 Å². The van der Waals surface area contributed by atoms with E-state index in [1.54, 1.807) is 12.1 Å². The van der Waals surface area contributed by atoms with Crippen LogP contribution in [0.3, 0.4) is 0 Å². The van der Waals surface area contributed by atoms with Gasteiger partial charge >= 0.3 is 21.6 Å².